The minimum atomic E-state index is -0.391. The number of hydrogen-bond donors (Lipinski definition) is 1. The summed E-state index contributed by atoms with van der Waals surface area (Å²) in [6, 6.07) is 9.02. The van der Waals surface area contributed by atoms with Crippen LogP contribution in [-0.2, 0) is 6.54 Å². The van der Waals surface area contributed by atoms with E-state index in [1.165, 1.54) is 39.5 Å². The predicted octanol–water partition coefficient (Wildman–Crippen LogP) is 2.78. The molecule has 0 bridgehead atoms. The molecule has 1 N–H and O–H groups in total. The summed E-state index contributed by atoms with van der Waals surface area (Å²) in [5.74, 6) is 0.817. The molecule has 0 aromatic heterocycles. The van der Waals surface area contributed by atoms with Crippen molar-refractivity contribution in [3.05, 3.63) is 53.3 Å². The average molecular weight is 319 g/mol. The molecule has 122 valence electrons. The topological polar surface area (TPSA) is 56.8 Å². The fourth-order valence-corrected chi connectivity index (χ4v) is 2.10. The maximum atomic E-state index is 13.3. The monoisotopic (exact) mass is 319 g/mol. The molecule has 0 saturated carbocycles. The Hall–Kier alpha value is -2.76. The Morgan fingerprint density at radius 1 is 1.00 bits per heavy atom. The third kappa shape index (κ3) is 4.12. The highest BCUT2D eigenvalue weighted by molar-refractivity contribution is 5.95. The first-order chi connectivity index (χ1) is 11.1. The van der Waals surface area contributed by atoms with E-state index in [-0.39, 0.29) is 12.5 Å². The van der Waals surface area contributed by atoms with E-state index >= 15 is 0 Å². The van der Waals surface area contributed by atoms with Crippen LogP contribution in [0.2, 0.25) is 0 Å². The SMILES string of the molecule is COc1cc(OC)cc(C(=O)NCc2cc(F)ccc2OC)c1. The summed E-state index contributed by atoms with van der Waals surface area (Å²) < 4.78 is 28.7. The number of halogens is 1. The van der Waals surface area contributed by atoms with Gasteiger partial charge in [-0.15, -0.1) is 0 Å². The van der Waals surface area contributed by atoms with Gasteiger partial charge in [-0.1, -0.05) is 0 Å². The highest BCUT2D eigenvalue weighted by atomic mass is 19.1. The molecule has 0 atom stereocenters. The lowest BCUT2D eigenvalue weighted by Crippen LogP contribution is -2.23. The molecular formula is C17H18FNO4. The highest BCUT2D eigenvalue weighted by Gasteiger charge is 2.11. The Labute approximate surface area is 134 Å². The van der Waals surface area contributed by atoms with Crippen molar-refractivity contribution in [1.29, 1.82) is 0 Å². The van der Waals surface area contributed by atoms with Crippen molar-refractivity contribution in [2.24, 2.45) is 0 Å². The molecule has 2 aromatic carbocycles. The predicted molar refractivity (Wildman–Crippen MR) is 83.7 cm³/mol. The van der Waals surface area contributed by atoms with E-state index in [4.69, 9.17) is 14.2 Å². The van der Waals surface area contributed by atoms with E-state index < -0.39 is 5.82 Å². The van der Waals surface area contributed by atoms with Gasteiger partial charge in [0, 0.05) is 23.7 Å². The molecule has 0 aliphatic heterocycles. The zero-order chi connectivity index (χ0) is 16.8. The van der Waals surface area contributed by atoms with Crippen LogP contribution in [0.15, 0.2) is 36.4 Å². The zero-order valence-corrected chi connectivity index (χ0v) is 13.2. The van der Waals surface area contributed by atoms with E-state index in [1.54, 1.807) is 18.2 Å². The van der Waals surface area contributed by atoms with Gasteiger partial charge in [0.1, 0.15) is 23.1 Å². The van der Waals surface area contributed by atoms with E-state index in [0.29, 0.717) is 28.4 Å². The number of amides is 1. The van der Waals surface area contributed by atoms with Gasteiger partial charge in [-0.3, -0.25) is 4.79 Å². The second-order valence-electron chi connectivity index (χ2n) is 4.74. The molecule has 6 heteroatoms. The Kier molecular flexibility index (Phi) is 5.41. The number of hydrogen-bond acceptors (Lipinski definition) is 4. The average Bonchev–Trinajstić information content (AvgIpc) is 2.59. The van der Waals surface area contributed by atoms with Gasteiger partial charge in [-0.25, -0.2) is 4.39 Å². The van der Waals surface area contributed by atoms with Crippen LogP contribution in [-0.4, -0.2) is 27.2 Å². The van der Waals surface area contributed by atoms with Crippen LogP contribution < -0.4 is 19.5 Å². The standard InChI is InChI=1S/C17H18FNO4/c1-21-14-7-11(8-15(9-14)22-2)17(20)19-10-12-6-13(18)4-5-16(12)23-3/h4-9H,10H2,1-3H3,(H,19,20). The van der Waals surface area contributed by atoms with Gasteiger partial charge in [0.2, 0.25) is 0 Å². The van der Waals surface area contributed by atoms with Crippen molar-refractivity contribution < 1.29 is 23.4 Å². The minimum Gasteiger partial charge on any atom is -0.497 e. The van der Waals surface area contributed by atoms with Crippen molar-refractivity contribution >= 4 is 5.91 Å². The van der Waals surface area contributed by atoms with E-state index in [9.17, 15) is 9.18 Å². The molecule has 0 unspecified atom stereocenters. The number of nitrogens with one attached hydrogen (secondary N) is 1. The lowest BCUT2D eigenvalue weighted by atomic mass is 10.1. The second-order valence-corrected chi connectivity index (χ2v) is 4.74. The van der Waals surface area contributed by atoms with Gasteiger partial charge in [0.05, 0.1) is 21.3 Å². The number of ether oxygens (including phenoxy) is 3. The largest absolute Gasteiger partial charge is 0.497 e. The van der Waals surface area contributed by atoms with Crippen LogP contribution in [0.1, 0.15) is 15.9 Å². The lowest BCUT2D eigenvalue weighted by molar-refractivity contribution is 0.0950. The molecule has 2 aromatic rings. The van der Waals surface area contributed by atoms with Crippen molar-refractivity contribution in [1.82, 2.24) is 5.32 Å². The normalized spacial score (nSPS) is 10.1. The molecule has 0 aliphatic carbocycles. The summed E-state index contributed by atoms with van der Waals surface area (Å²) in [6.07, 6.45) is 0. The van der Waals surface area contributed by atoms with E-state index in [0.717, 1.165) is 0 Å². The van der Waals surface area contributed by atoms with Gasteiger partial charge in [-0.05, 0) is 30.3 Å². The molecule has 5 nitrogen and oxygen atoms in total. The van der Waals surface area contributed by atoms with Gasteiger partial charge >= 0.3 is 0 Å². The number of carbonyl (C=O) groups is 1. The fourth-order valence-electron chi connectivity index (χ4n) is 2.10. The van der Waals surface area contributed by atoms with Gasteiger partial charge < -0.3 is 19.5 Å². The minimum absolute atomic E-state index is 0.138. The van der Waals surface area contributed by atoms with Crippen LogP contribution in [0.25, 0.3) is 0 Å². The smallest absolute Gasteiger partial charge is 0.251 e. The third-order valence-electron chi connectivity index (χ3n) is 3.30. The van der Waals surface area contributed by atoms with Crippen LogP contribution >= 0.6 is 0 Å². The van der Waals surface area contributed by atoms with Crippen LogP contribution in [0, 0.1) is 5.82 Å². The van der Waals surface area contributed by atoms with E-state index in [2.05, 4.69) is 5.32 Å². The summed E-state index contributed by atoms with van der Waals surface area (Å²) >= 11 is 0. The molecule has 0 heterocycles. The third-order valence-corrected chi connectivity index (χ3v) is 3.30. The Bertz CT molecular complexity index is 681. The first-order valence-electron chi connectivity index (χ1n) is 6.91. The molecule has 23 heavy (non-hydrogen) atoms. The Balaban J connectivity index is 2.15. The van der Waals surface area contributed by atoms with Crippen molar-refractivity contribution in [2.45, 2.75) is 6.54 Å². The number of rotatable bonds is 6. The maximum Gasteiger partial charge on any atom is 0.251 e. The molecule has 0 aliphatic rings. The molecule has 2 rings (SSSR count). The molecule has 1 amide bonds. The summed E-state index contributed by atoms with van der Waals surface area (Å²) in [5, 5.41) is 2.72. The Morgan fingerprint density at radius 2 is 1.65 bits per heavy atom. The van der Waals surface area contributed by atoms with Gasteiger partial charge in [0.15, 0.2) is 0 Å². The molecule has 0 fully saturated rings. The Morgan fingerprint density at radius 3 is 2.22 bits per heavy atom. The summed E-state index contributed by atoms with van der Waals surface area (Å²) in [5.41, 5.74) is 0.937. The quantitative estimate of drug-likeness (QED) is 0.889. The first-order valence-corrected chi connectivity index (χ1v) is 6.91. The van der Waals surface area contributed by atoms with Gasteiger partial charge in [0.25, 0.3) is 5.91 Å². The maximum absolute atomic E-state index is 13.3. The number of carbonyl (C=O) groups excluding carboxylic acids is 1. The summed E-state index contributed by atoms with van der Waals surface area (Å²) in [4.78, 5) is 12.3. The van der Waals surface area contributed by atoms with E-state index in [1.807, 2.05) is 0 Å². The number of methoxy groups -OCH3 is 3. The summed E-state index contributed by atoms with van der Waals surface area (Å²) in [6.45, 7) is 0.138. The molecule has 0 radical (unpaired) electrons. The zero-order valence-electron chi connectivity index (χ0n) is 13.2. The first kappa shape index (κ1) is 16.6. The van der Waals surface area contributed by atoms with Crippen molar-refractivity contribution in [2.75, 3.05) is 21.3 Å². The van der Waals surface area contributed by atoms with Crippen LogP contribution in [0.5, 0.6) is 17.2 Å². The highest BCUT2D eigenvalue weighted by Crippen LogP contribution is 2.23. The van der Waals surface area contributed by atoms with Crippen LogP contribution in [0.4, 0.5) is 4.39 Å². The molecule has 0 saturated heterocycles. The fraction of sp³-hybridized carbons (Fsp3) is 0.235. The van der Waals surface area contributed by atoms with Crippen LogP contribution in [0.3, 0.4) is 0 Å². The van der Waals surface area contributed by atoms with Crippen molar-refractivity contribution in [3.63, 3.8) is 0 Å². The van der Waals surface area contributed by atoms with Crippen molar-refractivity contribution in [3.8, 4) is 17.2 Å². The lowest BCUT2D eigenvalue weighted by Gasteiger charge is -2.11. The number of benzene rings is 2. The molecule has 0 spiro atoms. The second kappa shape index (κ2) is 7.49. The molecular weight excluding hydrogens is 301 g/mol. The van der Waals surface area contributed by atoms with Gasteiger partial charge in [-0.2, -0.15) is 0 Å². The summed E-state index contributed by atoms with van der Waals surface area (Å²) in [7, 11) is 4.51.